The number of carbonyl (C=O) groups is 3. The lowest BCUT2D eigenvalue weighted by Crippen LogP contribution is -2.37. The van der Waals surface area contributed by atoms with Gasteiger partial charge in [-0.05, 0) is 55.8 Å². The van der Waals surface area contributed by atoms with Crippen LogP contribution in [0.3, 0.4) is 0 Å². The molecule has 1 aromatic heterocycles. The lowest BCUT2D eigenvalue weighted by atomic mass is 10.1. The number of halogens is 1. The molecule has 3 amide bonds. The second kappa shape index (κ2) is 9.01. The van der Waals surface area contributed by atoms with Crippen molar-refractivity contribution in [2.24, 2.45) is 5.73 Å². The van der Waals surface area contributed by atoms with Crippen LogP contribution in [0, 0.1) is 25.2 Å². The molecule has 0 atom stereocenters. The Labute approximate surface area is 169 Å². The molecule has 0 aliphatic heterocycles. The van der Waals surface area contributed by atoms with Crippen LogP contribution in [0.5, 0.6) is 0 Å². The van der Waals surface area contributed by atoms with Crippen molar-refractivity contribution in [3.63, 3.8) is 0 Å². The highest BCUT2D eigenvalue weighted by Gasteiger charge is 2.16. The standard InChI is InChI=1S/C19H17BrN4O4/c1-11-7-13(12(2)24(11)16-5-3-15(20)4-6-16)8-14(9-21)18(26)28-10-17(25)23-19(22)27/h3-8H,10H2,1-2H3,(H3,22,23,25,27)/b14-8+. The number of nitrogens with two attached hydrogens (primary N) is 1. The van der Waals surface area contributed by atoms with Gasteiger partial charge in [0.15, 0.2) is 6.61 Å². The molecule has 8 nitrogen and oxygen atoms in total. The second-order valence-electron chi connectivity index (χ2n) is 5.80. The Morgan fingerprint density at radius 1 is 1.29 bits per heavy atom. The highest BCUT2D eigenvalue weighted by molar-refractivity contribution is 9.10. The number of rotatable bonds is 5. The summed E-state index contributed by atoms with van der Waals surface area (Å²) in [5.74, 6) is -1.86. The molecular weight excluding hydrogens is 428 g/mol. The molecule has 2 rings (SSSR count). The number of amides is 3. The number of nitrogens with zero attached hydrogens (tertiary/aromatic N) is 2. The van der Waals surface area contributed by atoms with E-state index in [9.17, 15) is 19.6 Å². The highest BCUT2D eigenvalue weighted by Crippen LogP contribution is 2.24. The van der Waals surface area contributed by atoms with E-state index in [1.54, 1.807) is 11.4 Å². The first kappa shape index (κ1) is 20.9. The van der Waals surface area contributed by atoms with Crippen LogP contribution in [0.1, 0.15) is 17.0 Å². The Morgan fingerprint density at radius 3 is 2.50 bits per heavy atom. The number of primary amides is 1. The third kappa shape index (κ3) is 5.08. The summed E-state index contributed by atoms with van der Waals surface area (Å²) in [6, 6.07) is 10.3. The molecule has 0 aliphatic rings. The van der Waals surface area contributed by atoms with Gasteiger partial charge in [0.2, 0.25) is 0 Å². The largest absolute Gasteiger partial charge is 0.451 e. The SMILES string of the molecule is Cc1cc(/C=C(\C#N)C(=O)OCC(=O)NC(N)=O)c(C)n1-c1ccc(Br)cc1. The van der Waals surface area contributed by atoms with E-state index in [1.165, 1.54) is 6.08 Å². The maximum absolute atomic E-state index is 12.1. The second-order valence-corrected chi connectivity index (χ2v) is 6.71. The van der Waals surface area contributed by atoms with Gasteiger partial charge >= 0.3 is 12.0 Å². The first-order valence-electron chi connectivity index (χ1n) is 8.06. The fraction of sp³-hybridized carbons (Fsp3) is 0.158. The quantitative estimate of drug-likeness (QED) is 0.415. The Kier molecular flexibility index (Phi) is 6.74. The van der Waals surface area contributed by atoms with E-state index in [-0.39, 0.29) is 5.57 Å². The first-order valence-corrected chi connectivity index (χ1v) is 8.85. The number of hydrogen-bond acceptors (Lipinski definition) is 5. The average Bonchev–Trinajstić information content (AvgIpc) is 2.91. The third-order valence-electron chi connectivity index (χ3n) is 3.79. The smallest absolute Gasteiger partial charge is 0.349 e. The summed E-state index contributed by atoms with van der Waals surface area (Å²) in [5, 5.41) is 11.0. The van der Waals surface area contributed by atoms with Gasteiger partial charge in [-0.2, -0.15) is 5.26 Å². The predicted octanol–water partition coefficient (Wildman–Crippen LogP) is 2.50. The molecule has 0 aliphatic carbocycles. The zero-order valence-electron chi connectivity index (χ0n) is 15.2. The van der Waals surface area contributed by atoms with Crippen molar-refractivity contribution in [3.8, 4) is 11.8 Å². The molecule has 1 aromatic carbocycles. The molecule has 0 unspecified atom stereocenters. The number of benzene rings is 1. The molecular formula is C19H17BrN4O4. The molecule has 0 spiro atoms. The van der Waals surface area contributed by atoms with Gasteiger partial charge in [-0.3, -0.25) is 10.1 Å². The van der Waals surface area contributed by atoms with E-state index in [1.807, 2.05) is 48.7 Å². The lowest BCUT2D eigenvalue weighted by Gasteiger charge is -2.09. The normalized spacial score (nSPS) is 10.9. The minimum Gasteiger partial charge on any atom is -0.451 e. The van der Waals surface area contributed by atoms with Gasteiger partial charge in [-0.25, -0.2) is 9.59 Å². The number of hydrogen-bond donors (Lipinski definition) is 2. The Bertz CT molecular complexity index is 1000. The maximum Gasteiger partial charge on any atom is 0.349 e. The van der Waals surface area contributed by atoms with Crippen LogP contribution in [0.2, 0.25) is 0 Å². The van der Waals surface area contributed by atoms with E-state index >= 15 is 0 Å². The van der Waals surface area contributed by atoms with Crippen molar-refractivity contribution in [2.75, 3.05) is 6.61 Å². The molecule has 9 heteroatoms. The predicted molar refractivity (Wildman–Crippen MR) is 105 cm³/mol. The van der Waals surface area contributed by atoms with Crippen molar-refractivity contribution >= 4 is 39.9 Å². The number of aromatic nitrogens is 1. The summed E-state index contributed by atoms with van der Waals surface area (Å²) in [4.78, 5) is 33.9. The number of ether oxygens (including phenoxy) is 1. The molecule has 0 radical (unpaired) electrons. The monoisotopic (exact) mass is 444 g/mol. The zero-order valence-corrected chi connectivity index (χ0v) is 16.7. The molecule has 0 saturated carbocycles. The Hall–Kier alpha value is -3.38. The minimum absolute atomic E-state index is 0.275. The minimum atomic E-state index is -1.06. The molecule has 28 heavy (non-hydrogen) atoms. The van der Waals surface area contributed by atoms with Crippen molar-refractivity contribution in [2.45, 2.75) is 13.8 Å². The summed E-state index contributed by atoms with van der Waals surface area (Å²) < 4.78 is 7.68. The van der Waals surface area contributed by atoms with Gasteiger partial charge < -0.3 is 15.0 Å². The number of nitrogens with one attached hydrogen (secondary N) is 1. The molecule has 0 bridgehead atoms. The molecule has 1 heterocycles. The number of urea groups is 1. The summed E-state index contributed by atoms with van der Waals surface area (Å²) in [6.07, 6.45) is 1.39. The van der Waals surface area contributed by atoms with Gasteiger partial charge in [0.25, 0.3) is 5.91 Å². The number of carbonyl (C=O) groups excluding carboxylic acids is 3. The van der Waals surface area contributed by atoms with Crippen LogP contribution in [0.4, 0.5) is 4.79 Å². The molecule has 0 fully saturated rings. The van der Waals surface area contributed by atoms with Crippen LogP contribution in [-0.4, -0.2) is 29.1 Å². The van der Waals surface area contributed by atoms with Crippen molar-refractivity contribution in [1.82, 2.24) is 9.88 Å². The average molecular weight is 445 g/mol. The number of nitriles is 1. The lowest BCUT2D eigenvalue weighted by molar-refractivity contribution is -0.144. The van der Waals surface area contributed by atoms with Crippen molar-refractivity contribution in [3.05, 3.63) is 57.3 Å². The van der Waals surface area contributed by atoms with Crippen LogP contribution in [-0.2, 0) is 14.3 Å². The van der Waals surface area contributed by atoms with E-state index in [4.69, 9.17) is 10.5 Å². The fourth-order valence-electron chi connectivity index (χ4n) is 2.60. The Morgan fingerprint density at radius 2 is 1.93 bits per heavy atom. The van der Waals surface area contributed by atoms with E-state index in [0.717, 1.165) is 21.5 Å². The molecule has 144 valence electrons. The fourth-order valence-corrected chi connectivity index (χ4v) is 2.86. The summed E-state index contributed by atoms with van der Waals surface area (Å²) >= 11 is 3.40. The first-order chi connectivity index (χ1) is 13.2. The van der Waals surface area contributed by atoms with Crippen molar-refractivity contribution < 1.29 is 19.1 Å². The van der Waals surface area contributed by atoms with Crippen LogP contribution < -0.4 is 11.1 Å². The van der Waals surface area contributed by atoms with E-state index < -0.39 is 24.5 Å². The third-order valence-corrected chi connectivity index (χ3v) is 4.32. The van der Waals surface area contributed by atoms with Gasteiger partial charge in [0, 0.05) is 21.5 Å². The van der Waals surface area contributed by atoms with Gasteiger partial charge in [-0.15, -0.1) is 0 Å². The van der Waals surface area contributed by atoms with E-state index in [0.29, 0.717) is 5.56 Å². The number of esters is 1. The van der Waals surface area contributed by atoms with Gasteiger partial charge in [0.1, 0.15) is 11.6 Å². The van der Waals surface area contributed by atoms with Crippen molar-refractivity contribution in [1.29, 1.82) is 5.26 Å². The topological polar surface area (TPSA) is 127 Å². The molecule has 3 N–H and O–H groups in total. The molecule has 0 saturated heterocycles. The van der Waals surface area contributed by atoms with Gasteiger partial charge in [0.05, 0.1) is 0 Å². The summed E-state index contributed by atoms with van der Waals surface area (Å²) in [6.45, 7) is 3.05. The highest BCUT2D eigenvalue weighted by atomic mass is 79.9. The van der Waals surface area contributed by atoms with Crippen LogP contribution in [0.15, 0.2) is 40.4 Å². The Balaban J connectivity index is 2.25. The zero-order chi connectivity index (χ0) is 20.8. The number of aryl methyl sites for hydroxylation is 1. The van der Waals surface area contributed by atoms with E-state index in [2.05, 4.69) is 15.9 Å². The number of imide groups is 1. The van der Waals surface area contributed by atoms with Gasteiger partial charge in [-0.1, -0.05) is 15.9 Å². The summed E-state index contributed by atoms with van der Waals surface area (Å²) in [7, 11) is 0. The van der Waals surface area contributed by atoms with Crippen LogP contribution in [0.25, 0.3) is 11.8 Å². The maximum atomic E-state index is 12.1. The van der Waals surface area contributed by atoms with Crippen LogP contribution >= 0.6 is 15.9 Å². The summed E-state index contributed by atoms with van der Waals surface area (Å²) in [5.41, 5.74) is 7.86. The molecule has 2 aromatic rings.